The maximum atomic E-state index is 10.2. The molecule has 4 saturated carbocycles. The van der Waals surface area contributed by atoms with Crippen molar-refractivity contribution >= 4 is 0 Å². The minimum atomic E-state index is -0.336. The molecule has 2 N–H and O–H groups in total. The Kier molecular flexibility index (Phi) is 2.36. The number of aliphatic hydroxyl groups is 1. The van der Waals surface area contributed by atoms with Crippen molar-refractivity contribution in [2.45, 2.75) is 63.0 Å². The molecule has 0 aromatic carbocycles. The normalized spacial score (nSPS) is 50.3. The van der Waals surface area contributed by atoms with Crippen LogP contribution in [-0.4, -0.2) is 23.3 Å². The summed E-state index contributed by atoms with van der Waals surface area (Å²) < 4.78 is 0. The van der Waals surface area contributed by atoms with Crippen molar-refractivity contribution in [3.8, 4) is 0 Å². The maximum absolute atomic E-state index is 10.2. The van der Waals surface area contributed by atoms with Gasteiger partial charge in [0.2, 0.25) is 0 Å². The van der Waals surface area contributed by atoms with Crippen molar-refractivity contribution in [2.75, 3.05) is 6.54 Å². The Morgan fingerprint density at radius 1 is 1.00 bits per heavy atom. The molecule has 96 valence electrons. The molecular formula is C15H25NO. The fourth-order valence-electron chi connectivity index (χ4n) is 5.39. The molecule has 0 aliphatic heterocycles. The lowest BCUT2D eigenvalue weighted by atomic mass is 9.77. The van der Waals surface area contributed by atoms with Crippen LogP contribution in [0, 0.1) is 23.7 Å². The molecule has 0 aromatic rings. The van der Waals surface area contributed by atoms with Crippen LogP contribution in [0.5, 0.6) is 0 Å². The van der Waals surface area contributed by atoms with Gasteiger partial charge in [-0.3, -0.25) is 0 Å². The first kappa shape index (κ1) is 10.8. The van der Waals surface area contributed by atoms with Crippen molar-refractivity contribution in [2.24, 2.45) is 23.7 Å². The van der Waals surface area contributed by atoms with Crippen molar-refractivity contribution < 1.29 is 5.11 Å². The quantitative estimate of drug-likeness (QED) is 0.787. The second-order valence-electron chi connectivity index (χ2n) is 7.22. The first-order valence-electron chi connectivity index (χ1n) is 7.71. The van der Waals surface area contributed by atoms with Crippen molar-refractivity contribution in [1.82, 2.24) is 5.32 Å². The lowest BCUT2D eigenvalue weighted by Crippen LogP contribution is -2.51. The lowest BCUT2D eigenvalue weighted by molar-refractivity contribution is -0.0353. The van der Waals surface area contributed by atoms with E-state index in [1.54, 1.807) is 0 Å². The van der Waals surface area contributed by atoms with Crippen molar-refractivity contribution in [3.63, 3.8) is 0 Å². The van der Waals surface area contributed by atoms with Gasteiger partial charge in [-0.05, 0) is 68.6 Å². The summed E-state index contributed by atoms with van der Waals surface area (Å²) in [7, 11) is 0. The van der Waals surface area contributed by atoms with Gasteiger partial charge >= 0.3 is 0 Å². The Morgan fingerprint density at radius 3 is 2.59 bits per heavy atom. The predicted molar refractivity (Wildman–Crippen MR) is 67.6 cm³/mol. The number of rotatable bonds is 3. The lowest BCUT2D eigenvalue weighted by Gasteiger charge is -2.40. The summed E-state index contributed by atoms with van der Waals surface area (Å²) in [6, 6.07) is 0.740. The molecule has 0 spiro atoms. The van der Waals surface area contributed by atoms with Crippen LogP contribution in [-0.2, 0) is 0 Å². The Hall–Kier alpha value is -0.0800. The fraction of sp³-hybridized carbons (Fsp3) is 1.00. The molecule has 2 bridgehead atoms. The van der Waals surface area contributed by atoms with Crippen LogP contribution >= 0.6 is 0 Å². The van der Waals surface area contributed by atoms with E-state index in [2.05, 4.69) is 5.32 Å². The van der Waals surface area contributed by atoms with E-state index < -0.39 is 0 Å². The van der Waals surface area contributed by atoms with Crippen LogP contribution in [0.2, 0.25) is 0 Å². The largest absolute Gasteiger partial charge is 0.389 e. The van der Waals surface area contributed by atoms with Gasteiger partial charge in [0.25, 0.3) is 0 Å². The van der Waals surface area contributed by atoms with E-state index in [9.17, 15) is 5.11 Å². The maximum Gasteiger partial charge on any atom is 0.0771 e. The zero-order valence-corrected chi connectivity index (χ0v) is 10.7. The molecule has 0 aromatic heterocycles. The summed E-state index contributed by atoms with van der Waals surface area (Å²) in [5.74, 6) is 4.12. The topological polar surface area (TPSA) is 32.3 Å². The minimum Gasteiger partial charge on any atom is -0.389 e. The Labute approximate surface area is 104 Å². The number of nitrogens with one attached hydrogen (secondary N) is 1. The van der Waals surface area contributed by atoms with Crippen LogP contribution in [0.3, 0.4) is 0 Å². The predicted octanol–water partition coefficient (Wildman–Crippen LogP) is 2.32. The first-order chi connectivity index (χ1) is 8.25. The molecule has 0 amide bonds. The average molecular weight is 235 g/mol. The molecule has 4 aliphatic carbocycles. The highest BCUT2D eigenvalue weighted by atomic mass is 16.3. The van der Waals surface area contributed by atoms with E-state index in [1.165, 1.54) is 38.5 Å². The van der Waals surface area contributed by atoms with Crippen LogP contribution < -0.4 is 5.32 Å². The highest BCUT2D eigenvalue weighted by Crippen LogP contribution is 2.58. The highest BCUT2D eigenvalue weighted by molar-refractivity contribution is 5.06. The molecule has 17 heavy (non-hydrogen) atoms. The van der Waals surface area contributed by atoms with E-state index in [4.69, 9.17) is 0 Å². The third-order valence-electron chi connectivity index (χ3n) is 6.41. The second-order valence-corrected chi connectivity index (χ2v) is 7.22. The molecule has 0 radical (unpaired) electrons. The summed E-state index contributed by atoms with van der Waals surface area (Å²) in [4.78, 5) is 0. The molecule has 4 fully saturated rings. The zero-order valence-electron chi connectivity index (χ0n) is 10.7. The molecule has 4 rings (SSSR count). The molecule has 5 unspecified atom stereocenters. The van der Waals surface area contributed by atoms with Crippen LogP contribution in [0.4, 0.5) is 0 Å². The number of hydrogen-bond donors (Lipinski definition) is 2. The van der Waals surface area contributed by atoms with Gasteiger partial charge in [-0.1, -0.05) is 6.42 Å². The zero-order chi connectivity index (χ0) is 11.5. The summed E-state index contributed by atoms with van der Waals surface area (Å²) in [6.45, 7) is 0.859. The van der Waals surface area contributed by atoms with Gasteiger partial charge in [0.1, 0.15) is 0 Å². The van der Waals surface area contributed by atoms with E-state index >= 15 is 0 Å². The van der Waals surface area contributed by atoms with Gasteiger partial charge in [-0.15, -0.1) is 0 Å². The van der Waals surface area contributed by atoms with Gasteiger partial charge < -0.3 is 10.4 Å². The molecule has 5 atom stereocenters. The molecule has 2 nitrogen and oxygen atoms in total. The van der Waals surface area contributed by atoms with Gasteiger partial charge in [-0.2, -0.15) is 0 Å². The van der Waals surface area contributed by atoms with Gasteiger partial charge in [0.15, 0.2) is 0 Å². The third kappa shape index (κ3) is 1.60. The van der Waals surface area contributed by atoms with E-state index in [0.29, 0.717) is 0 Å². The number of fused-ring (bicyclic) bond motifs is 5. The number of hydrogen-bond acceptors (Lipinski definition) is 2. The standard InChI is InChI=1S/C15H25NO/c17-15(5-2-6-15)9-16-14-8-10-7-13(14)12-4-1-3-11(10)12/h10-14,16-17H,1-9H2. The summed E-state index contributed by atoms with van der Waals surface area (Å²) in [5.41, 5.74) is -0.336. The van der Waals surface area contributed by atoms with Crippen LogP contribution in [0.1, 0.15) is 51.4 Å². The van der Waals surface area contributed by atoms with Gasteiger partial charge in [0, 0.05) is 12.6 Å². The third-order valence-corrected chi connectivity index (χ3v) is 6.41. The van der Waals surface area contributed by atoms with Crippen LogP contribution in [0.15, 0.2) is 0 Å². The SMILES string of the molecule is OC1(CNC2CC3CC2C2CCCC32)CCC1. The molecule has 2 heteroatoms. The smallest absolute Gasteiger partial charge is 0.0771 e. The minimum absolute atomic E-state index is 0.336. The Morgan fingerprint density at radius 2 is 1.82 bits per heavy atom. The summed E-state index contributed by atoms with van der Waals surface area (Å²) in [5, 5.41) is 13.9. The molecular weight excluding hydrogens is 210 g/mol. The van der Waals surface area contributed by atoms with Gasteiger partial charge in [0.05, 0.1) is 5.60 Å². The summed E-state index contributed by atoms with van der Waals surface area (Å²) >= 11 is 0. The molecule has 4 aliphatic rings. The first-order valence-corrected chi connectivity index (χ1v) is 7.71. The monoisotopic (exact) mass is 235 g/mol. The van der Waals surface area contributed by atoms with Crippen molar-refractivity contribution in [3.05, 3.63) is 0 Å². The van der Waals surface area contributed by atoms with E-state index in [0.717, 1.165) is 49.1 Å². The molecule has 0 saturated heterocycles. The second kappa shape index (κ2) is 3.71. The van der Waals surface area contributed by atoms with Gasteiger partial charge in [-0.25, -0.2) is 0 Å². The van der Waals surface area contributed by atoms with E-state index in [-0.39, 0.29) is 5.60 Å². The van der Waals surface area contributed by atoms with E-state index in [1.807, 2.05) is 0 Å². The fourth-order valence-corrected chi connectivity index (χ4v) is 5.39. The summed E-state index contributed by atoms with van der Waals surface area (Å²) in [6.07, 6.45) is 10.7. The highest BCUT2D eigenvalue weighted by Gasteiger charge is 2.53. The van der Waals surface area contributed by atoms with Crippen LogP contribution in [0.25, 0.3) is 0 Å². The molecule has 0 heterocycles. The Bertz CT molecular complexity index is 312. The van der Waals surface area contributed by atoms with Crippen molar-refractivity contribution in [1.29, 1.82) is 0 Å². The Balaban J connectivity index is 1.37. The average Bonchev–Trinajstić information content (AvgIpc) is 2.94.